The molecular weight excluding hydrogens is 390 g/mol. The van der Waals surface area contributed by atoms with Crippen LogP contribution in [0.4, 0.5) is 5.82 Å². The molecule has 2 heterocycles. The summed E-state index contributed by atoms with van der Waals surface area (Å²) in [6.07, 6.45) is 3.69. The lowest BCUT2D eigenvalue weighted by atomic mass is 10.1. The minimum atomic E-state index is -0.121. The number of aromatic nitrogens is 2. The van der Waals surface area contributed by atoms with E-state index in [2.05, 4.69) is 55.5 Å². The van der Waals surface area contributed by atoms with E-state index in [-0.39, 0.29) is 5.78 Å². The maximum absolute atomic E-state index is 12.7. The molecule has 5 heteroatoms. The molecule has 0 aliphatic rings. The molecule has 0 spiro atoms. The molecular formula is C21H20BrN3O. The maximum Gasteiger partial charge on any atom is 0.213 e. The van der Waals surface area contributed by atoms with Crippen molar-refractivity contribution in [1.82, 2.24) is 9.97 Å². The molecule has 0 saturated carbocycles. The van der Waals surface area contributed by atoms with Crippen LogP contribution in [0.15, 0.2) is 65.3 Å². The van der Waals surface area contributed by atoms with Crippen LogP contribution in [0.2, 0.25) is 0 Å². The Labute approximate surface area is 161 Å². The van der Waals surface area contributed by atoms with Crippen molar-refractivity contribution in [3.63, 3.8) is 0 Å². The second kappa shape index (κ2) is 8.72. The number of rotatable bonds is 7. The van der Waals surface area contributed by atoms with E-state index in [1.54, 1.807) is 18.3 Å². The van der Waals surface area contributed by atoms with Crippen molar-refractivity contribution < 1.29 is 4.79 Å². The molecule has 4 nitrogen and oxygen atoms in total. The van der Waals surface area contributed by atoms with Gasteiger partial charge in [-0.3, -0.25) is 9.78 Å². The number of benzene rings is 1. The summed E-state index contributed by atoms with van der Waals surface area (Å²) in [6.45, 7) is 2.63. The lowest BCUT2D eigenvalue weighted by Crippen LogP contribution is -2.10. The Morgan fingerprint density at radius 2 is 1.92 bits per heavy atom. The number of pyridine rings is 2. The molecule has 3 aromatic rings. The topological polar surface area (TPSA) is 54.9 Å². The molecule has 0 radical (unpaired) electrons. The van der Waals surface area contributed by atoms with Gasteiger partial charge < -0.3 is 5.32 Å². The van der Waals surface area contributed by atoms with Crippen LogP contribution in [-0.2, 0) is 6.42 Å². The highest BCUT2D eigenvalue weighted by Crippen LogP contribution is 2.17. The predicted molar refractivity (Wildman–Crippen MR) is 108 cm³/mol. The number of carbonyl (C=O) groups excluding carboxylic acids is 1. The first kappa shape index (κ1) is 18.3. The Bertz CT molecular complexity index is 897. The van der Waals surface area contributed by atoms with Crippen LogP contribution in [0.25, 0.3) is 0 Å². The molecule has 0 bridgehead atoms. The van der Waals surface area contributed by atoms with E-state index in [1.165, 1.54) is 5.56 Å². The molecule has 0 amide bonds. The smallest absolute Gasteiger partial charge is 0.213 e. The lowest BCUT2D eigenvalue weighted by molar-refractivity contribution is 0.103. The van der Waals surface area contributed by atoms with Crippen molar-refractivity contribution >= 4 is 27.5 Å². The van der Waals surface area contributed by atoms with E-state index in [0.29, 0.717) is 22.8 Å². The van der Waals surface area contributed by atoms with Gasteiger partial charge >= 0.3 is 0 Å². The molecule has 2 aromatic heterocycles. The number of hydrogen-bond donors (Lipinski definition) is 1. The number of anilines is 1. The first-order chi connectivity index (χ1) is 12.6. The average Bonchev–Trinajstić information content (AvgIpc) is 2.68. The van der Waals surface area contributed by atoms with Gasteiger partial charge in [-0.1, -0.05) is 36.4 Å². The first-order valence-corrected chi connectivity index (χ1v) is 9.34. The molecule has 132 valence electrons. The van der Waals surface area contributed by atoms with Gasteiger partial charge in [0.15, 0.2) is 0 Å². The monoisotopic (exact) mass is 409 g/mol. The molecule has 0 aliphatic carbocycles. The molecule has 0 aliphatic heterocycles. The average molecular weight is 410 g/mol. The van der Waals surface area contributed by atoms with Crippen LogP contribution >= 0.6 is 15.9 Å². The summed E-state index contributed by atoms with van der Waals surface area (Å²) in [7, 11) is 0. The number of aryl methyl sites for hydroxylation is 2. The summed E-state index contributed by atoms with van der Waals surface area (Å²) in [5, 5.41) is 3.30. The molecule has 0 saturated heterocycles. The summed E-state index contributed by atoms with van der Waals surface area (Å²) in [4.78, 5) is 21.4. The van der Waals surface area contributed by atoms with E-state index in [0.717, 1.165) is 23.9 Å². The summed E-state index contributed by atoms with van der Waals surface area (Å²) in [5.41, 5.74) is 3.00. The first-order valence-electron chi connectivity index (χ1n) is 8.55. The van der Waals surface area contributed by atoms with E-state index in [9.17, 15) is 4.79 Å². The van der Waals surface area contributed by atoms with E-state index in [1.807, 2.05) is 25.1 Å². The summed E-state index contributed by atoms with van der Waals surface area (Å²) < 4.78 is 0.779. The highest BCUT2D eigenvalue weighted by Gasteiger charge is 2.15. The Kier molecular flexibility index (Phi) is 6.12. The van der Waals surface area contributed by atoms with Gasteiger partial charge in [0.05, 0.1) is 0 Å². The number of halogens is 1. The number of nitrogens with zero attached hydrogens (tertiary/aromatic N) is 2. The van der Waals surface area contributed by atoms with Gasteiger partial charge in [0.1, 0.15) is 11.5 Å². The molecule has 26 heavy (non-hydrogen) atoms. The third kappa shape index (κ3) is 4.76. The molecule has 3 rings (SSSR count). The van der Waals surface area contributed by atoms with Gasteiger partial charge in [-0.25, -0.2) is 4.98 Å². The molecule has 1 aromatic carbocycles. The van der Waals surface area contributed by atoms with Crippen LogP contribution in [0.3, 0.4) is 0 Å². The molecule has 0 atom stereocenters. The van der Waals surface area contributed by atoms with Gasteiger partial charge in [-0.2, -0.15) is 0 Å². The van der Waals surface area contributed by atoms with Crippen LogP contribution in [-0.4, -0.2) is 22.3 Å². The van der Waals surface area contributed by atoms with Gasteiger partial charge in [-0.05, 0) is 59.5 Å². The normalized spacial score (nSPS) is 10.5. The molecule has 0 unspecified atom stereocenters. The number of carbonyl (C=O) groups is 1. The van der Waals surface area contributed by atoms with Crippen LogP contribution in [0, 0.1) is 6.92 Å². The SMILES string of the molecule is Cc1ncc(Br)cc1C(=O)c1cccc(NCCCc2ccccc2)n1. The van der Waals surface area contributed by atoms with Gasteiger partial charge in [0.2, 0.25) is 5.78 Å². The van der Waals surface area contributed by atoms with Crippen molar-refractivity contribution in [1.29, 1.82) is 0 Å². The van der Waals surface area contributed by atoms with Crippen LogP contribution < -0.4 is 5.32 Å². The highest BCUT2D eigenvalue weighted by molar-refractivity contribution is 9.10. The van der Waals surface area contributed by atoms with Crippen molar-refractivity contribution in [2.24, 2.45) is 0 Å². The number of nitrogens with one attached hydrogen (secondary N) is 1. The predicted octanol–water partition coefficient (Wildman–Crippen LogP) is 4.82. The van der Waals surface area contributed by atoms with Gasteiger partial charge in [0, 0.05) is 28.5 Å². The standard InChI is InChI=1S/C21H20BrN3O/c1-15-18(13-17(22)14-24-15)21(26)19-10-5-11-20(25-19)23-12-6-9-16-7-3-2-4-8-16/h2-5,7-8,10-11,13-14H,6,9,12H2,1H3,(H,23,25). The Hall–Kier alpha value is -2.53. The molecule has 1 N–H and O–H groups in total. The van der Waals surface area contributed by atoms with Crippen molar-refractivity contribution in [2.45, 2.75) is 19.8 Å². The quantitative estimate of drug-likeness (QED) is 0.448. The minimum Gasteiger partial charge on any atom is -0.370 e. The Morgan fingerprint density at radius 3 is 2.73 bits per heavy atom. The van der Waals surface area contributed by atoms with Gasteiger partial charge in [0.25, 0.3) is 0 Å². The van der Waals surface area contributed by atoms with Gasteiger partial charge in [-0.15, -0.1) is 0 Å². The van der Waals surface area contributed by atoms with E-state index in [4.69, 9.17) is 0 Å². The summed E-state index contributed by atoms with van der Waals surface area (Å²) >= 11 is 3.37. The zero-order valence-electron chi connectivity index (χ0n) is 14.6. The second-order valence-electron chi connectivity index (χ2n) is 6.04. The number of ketones is 1. The van der Waals surface area contributed by atoms with Crippen LogP contribution in [0.1, 0.15) is 33.7 Å². The number of hydrogen-bond acceptors (Lipinski definition) is 4. The molecule has 0 fully saturated rings. The van der Waals surface area contributed by atoms with E-state index < -0.39 is 0 Å². The van der Waals surface area contributed by atoms with Crippen molar-refractivity contribution in [2.75, 3.05) is 11.9 Å². The zero-order valence-corrected chi connectivity index (χ0v) is 16.2. The summed E-state index contributed by atoms with van der Waals surface area (Å²) in [5.74, 6) is 0.591. The lowest BCUT2D eigenvalue weighted by Gasteiger charge is -2.08. The maximum atomic E-state index is 12.7. The summed E-state index contributed by atoms with van der Waals surface area (Å²) in [6, 6.07) is 17.6. The third-order valence-electron chi connectivity index (χ3n) is 4.07. The fourth-order valence-electron chi connectivity index (χ4n) is 2.69. The van der Waals surface area contributed by atoms with E-state index >= 15 is 0 Å². The Morgan fingerprint density at radius 1 is 1.12 bits per heavy atom. The van der Waals surface area contributed by atoms with Crippen LogP contribution in [0.5, 0.6) is 0 Å². The fraction of sp³-hybridized carbons (Fsp3) is 0.190. The Balaban J connectivity index is 1.62. The third-order valence-corrected chi connectivity index (χ3v) is 4.50. The fourth-order valence-corrected chi connectivity index (χ4v) is 3.02. The van der Waals surface area contributed by atoms with Crippen molar-refractivity contribution in [3.8, 4) is 0 Å². The minimum absolute atomic E-state index is 0.121. The van der Waals surface area contributed by atoms with Crippen molar-refractivity contribution in [3.05, 3.63) is 87.8 Å². The highest BCUT2D eigenvalue weighted by atomic mass is 79.9. The largest absolute Gasteiger partial charge is 0.370 e. The zero-order chi connectivity index (χ0) is 18.4. The second-order valence-corrected chi connectivity index (χ2v) is 6.96.